The van der Waals surface area contributed by atoms with Crippen molar-refractivity contribution >= 4 is 18.0 Å². The molecule has 3 fully saturated rings. The van der Waals surface area contributed by atoms with Crippen LogP contribution in [0.15, 0.2) is 42.0 Å². The average molecular weight is 596 g/mol. The van der Waals surface area contributed by atoms with E-state index in [0.29, 0.717) is 29.3 Å². The van der Waals surface area contributed by atoms with Crippen LogP contribution in [-0.4, -0.2) is 66.4 Å². The summed E-state index contributed by atoms with van der Waals surface area (Å²) in [6, 6.07) is 7.50. The highest BCUT2D eigenvalue weighted by molar-refractivity contribution is 5.95. The van der Waals surface area contributed by atoms with E-state index in [1.165, 1.54) is 0 Å². The molecule has 2 aliphatic heterocycles. The predicted octanol–water partition coefficient (Wildman–Crippen LogP) is 5.87. The summed E-state index contributed by atoms with van der Waals surface area (Å²) in [4.78, 5) is 26.7. The van der Waals surface area contributed by atoms with Gasteiger partial charge in [-0.05, 0) is 55.7 Å². The Balaban J connectivity index is 1.34. The minimum Gasteiger partial charge on any atom is -0.456 e. The zero-order valence-electron chi connectivity index (χ0n) is 25.8. The minimum atomic E-state index is -0.761. The number of amides is 1. The Morgan fingerprint density at radius 3 is 2.53 bits per heavy atom. The molecule has 43 heavy (non-hydrogen) atoms. The Labute approximate surface area is 256 Å². The van der Waals surface area contributed by atoms with Crippen molar-refractivity contribution in [2.45, 2.75) is 127 Å². The van der Waals surface area contributed by atoms with Crippen molar-refractivity contribution < 1.29 is 33.6 Å². The molecule has 2 aliphatic carbocycles. The van der Waals surface area contributed by atoms with Crippen molar-refractivity contribution in [1.82, 2.24) is 5.32 Å². The predicted molar refractivity (Wildman–Crippen MR) is 164 cm³/mol. The highest BCUT2D eigenvalue weighted by Crippen LogP contribution is 2.43. The zero-order chi connectivity index (χ0) is 30.2. The van der Waals surface area contributed by atoms with Crippen molar-refractivity contribution in [1.29, 1.82) is 0 Å². The number of allylic oxidation sites excluding steroid dienone is 1. The summed E-state index contributed by atoms with van der Waals surface area (Å²) >= 11 is 0. The van der Waals surface area contributed by atoms with E-state index in [0.717, 1.165) is 76.2 Å². The summed E-state index contributed by atoms with van der Waals surface area (Å²) in [5.41, 5.74) is 1.79. The fourth-order valence-electron chi connectivity index (χ4n) is 6.76. The van der Waals surface area contributed by atoms with Gasteiger partial charge in [-0.15, -0.1) is 0 Å². The van der Waals surface area contributed by atoms with Crippen molar-refractivity contribution in [2.75, 3.05) is 13.2 Å². The summed E-state index contributed by atoms with van der Waals surface area (Å²) < 4.78 is 25.3. The molecule has 2 saturated heterocycles. The van der Waals surface area contributed by atoms with Gasteiger partial charge < -0.3 is 29.4 Å². The molecule has 1 amide bonds. The lowest BCUT2D eigenvalue weighted by atomic mass is 9.88. The topological polar surface area (TPSA) is 107 Å². The van der Waals surface area contributed by atoms with Gasteiger partial charge in [0.15, 0.2) is 5.79 Å². The molecular weight excluding hydrogens is 546 g/mol. The van der Waals surface area contributed by atoms with E-state index in [-0.39, 0.29) is 25.5 Å². The third-order valence-corrected chi connectivity index (χ3v) is 9.22. The van der Waals surface area contributed by atoms with Gasteiger partial charge in [-0.25, -0.2) is 4.79 Å². The van der Waals surface area contributed by atoms with Crippen molar-refractivity contribution in [3.8, 4) is 0 Å². The monoisotopic (exact) mass is 595 g/mol. The van der Waals surface area contributed by atoms with Gasteiger partial charge in [0.1, 0.15) is 18.3 Å². The van der Waals surface area contributed by atoms with Crippen LogP contribution in [0.25, 0.3) is 6.08 Å². The lowest BCUT2D eigenvalue weighted by Crippen LogP contribution is -2.44. The van der Waals surface area contributed by atoms with Crippen LogP contribution in [0.5, 0.6) is 0 Å². The number of unbranched alkanes of at least 4 members (excludes halogenated alkanes) is 4. The molecule has 0 radical (unpaired) electrons. The van der Waals surface area contributed by atoms with E-state index in [9.17, 15) is 14.7 Å². The Morgan fingerprint density at radius 1 is 1.05 bits per heavy atom. The van der Waals surface area contributed by atoms with Gasteiger partial charge in [0, 0.05) is 31.4 Å². The number of carbonyl (C=O) groups excluding carboxylic acids is 2. The number of epoxide rings is 1. The van der Waals surface area contributed by atoms with Crippen LogP contribution in [-0.2, 0) is 23.7 Å². The van der Waals surface area contributed by atoms with Crippen LogP contribution in [0.3, 0.4) is 0 Å². The van der Waals surface area contributed by atoms with Crippen LogP contribution in [0, 0.1) is 5.92 Å². The Hall–Kier alpha value is -2.52. The lowest BCUT2D eigenvalue weighted by molar-refractivity contribution is -0.190. The number of esters is 1. The number of ether oxygens (including phenoxy) is 4. The van der Waals surface area contributed by atoms with E-state index in [1.54, 1.807) is 6.07 Å². The van der Waals surface area contributed by atoms with Gasteiger partial charge >= 0.3 is 5.97 Å². The smallest absolute Gasteiger partial charge is 0.339 e. The molecule has 0 aromatic heterocycles. The highest BCUT2D eigenvalue weighted by Gasteiger charge is 2.52. The number of carbonyl (C=O) groups is 2. The van der Waals surface area contributed by atoms with Crippen LogP contribution in [0.4, 0.5) is 0 Å². The van der Waals surface area contributed by atoms with Crippen LogP contribution in [0.2, 0.25) is 0 Å². The van der Waals surface area contributed by atoms with E-state index in [2.05, 4.69) is 25.2 Å². The second-order valence-corrected chi connectivity index (χ2v) is 12.5. The first-order chi connectivity index (χ1) is 20.9. The number of benzene rings is 1. The molecule has 0 bridgehead atoms. The molecule has 2 heterocycles. The number of rotatable bonds is 15. The summed E-state index contributed by atoms with van der Waals surface area (Å²) in [5.74, 6) is -1.05. The van der Waals surface area contributed by atoms with Gasteiger partial charge in [-0.3, -0.25) is 4.79 Å². The van der Waals surface area contributed by atoms with E-state index in [1.807, 2.05) is 30.4 Å². The molecule has 8 heteroatoms. The molecule has 4 aliphatic rings. The van der Waals surface area contributed by atoms with Crippen LogP contribution in [0.1, 0.15) is 107 Å². The number of aliphatic hydroxyl groups excluding tert-OH is 1. The fraction of sp³-hybridized carbons (Fsp3) is 0.657. The van der Waals surface area contributed by atoms with E-state index < -0.39 is 30.1 Å². The zero-order valence-corrected chi connectivity index (χ0v) is 25.8. The Kier molecular flexibility index (Phi) is 11.1. The minimum absolute atomic E-state index is 0.151. The fourth-order valence-corrected chi connectivity index (χ4v) is 6.76. The molecular formula is C35H49NO7. The molecule has 1 saturated carbocycles. The quantitative estimate of drug-likeness (QED) is 0.148. The summed E-state index contributed by atoms with van der Waals surface area (Å²) in [5, 5.41) is 12.0. The van der Waals surface area contributed by atoms with Crippen molar-refractivity contribution in [3.05, 3.63) is 53.1 Å². The Morgan fingerprint density at radius 2 is 1.81 bits per heavy atom. The first-order valence-electron chi connectivity index (χ1n) is 16.5. The number of hydrogen-bond acceptors (Lipinski definition) is 7. The van der Waals surface area contributed by atoms with Gasteiger partial charge in [-0.2, -0.15) is 0 Å². The summed E-state index contributed by atoms with van der Waals surface area (Å²) in [6.45, 7) is 4.35. The van der Waals surface area contributed by atoms with Crippen molar-refractivity contribution in [2.24, 2.45) is 5.92 Å². The van der Waals surface area contributed by atoms with Crippen LogP contribution >= 0.6 is 0 Å². The molecule has 5 rings (SSSR count). The lowest BCUT2D eigenvalue weighted by Gasteiger charge is -2.31. The van der Waals surface area contributed by atoms with E-state index in [4.69, 9.17) is 18.9 Å². The number of fused-ring (bicyclic) bond motifs is 2. The number of nitrogens with one attached hydrogen (secondary N) is 1. The maximum Gasteiger partial charge on any atom is 0.339 e. The molecule has 1 aromatic rings. The molecule has 0 spiro atoms. The maximum atomic E-state index is 13.7. The molecule has 2 N–H and O–H groups in total. The second kappa shape index (κ2) is 15.0. The standard InChI is InChI=1S/C35H49NO7/c1-3-5-9-17-35(18-10-6-4-2)42-31-23-26(33(38)36-19-20-37)22-30(32(31)43-35)41-34(39)27-12-8-7-11-25(27)15-13-24-14-16-28-29(21-24)40-28/h7-8,11-13,15,23-24,28-32,37H,3-6,9-10,14,16-22H2,1-2H3,(H,36,38). The third-order valence-electron chi connectivity index (χ3n) is 9.22. The van der Waals surface area contributed by atoms with E-state index >= 15 is 0 Å². The first-order valence-corrected chi connectivity index (χ1v) is 16.5. The Bertz CT molecular complexity index is 1150. The number of aliphatic hydroxyl groups is 1. The normalized spacial score (nSPS) is 29.0. The van der Waals surface area contributed by atoms with Crippen molar-refractivity contribution in [3.63, 3.8) is 0 Å². The second-order valence-electron chi connectivity index (χ2n) is 12.5. The highest BCUT2D eigenvalue weighted by atomic mass is 16.8. The van der Waals surface area contributed by atoms with Gasteiger partial charge in [0.2, 0.25) is 5.91 Å². The van der Waals surface area contributed by atoms with Gasteiger partial charge in [0.05, 0.1) is 24.4 Å². The summed E-state index contributed by atoms with van der Waals surface area (Å²) in [7, 11) is 0. The number of hydrogen-bond donors (Lipinski definition) is 2. The summed E-state index contributed by atoms with van der Waals surface area (Å²) in [6.07, 6.45) is 16.5. The third kappa shape index (κ3) is 8.15. The van der Waals surface area contributed by atoms with Gasteiger partial charge in [-0.1, -0.05) is 69.9 Å². The maximum absolute atomic E-state index is 13.7. The molecule has 8 nitrogen and oxygen atoms in total. The average Bonchev–Trinajstić information content (AvgIpc) is 3.70. The molecule has 236 valence electrons. The first kappa shape index (κ1) is 31.9. The molecule has 1 aromatic carbocycles. The van der Waals surface area contributed by atoms with Gasteiger partial charge in [0.25, 0.3) is 0 Å². The molecule has 6 atom stereocenters. The molecule has 6 unspecified atom stereocenters. The largest absolute Gasteiger partial charge is 0.456 e. The van der Waals surface area contributed by atoms with Crippen LogP contribution < -0.4 is 5.32 Å². The SMILES string of the molecule is CCCCCC1(CCCCC)OC2C=C(C(=O)NCCO)CC(OC(=O)c3ccccc3C=CC3CCC4OC4C3)C2O1.